The molecule has 0 fully saturated rings. The van der Waals surface area contributed by atoms with Gasteiger partial charge >= 0.3 is 0 Å². The monoisotopic (exact) mass is 427 g/mol. The van der Waals surface area contributed by atoms with Gasteiger partial charge in [0.15, 0.2) is 5.13 Å². The molecule has 2 aromatic heterocycles. The van der Waals surface area contributed by atoms with E-state index < -0.39 is 0 Å². The molecular formula is C25H18FN3OS. The molecule has 0 N–H and O–H groups in total. The lowest BCUT2D eigenvalue weighted by Crippen LogP contribution is -2.32. The van der Waals surface area contributed by atoms with Crippen LogP contribution in [0.1, 0.15) is 11.3 Å². The number of anilines is 1. The molecule has 0 atom stereocenters. The van der Waals surface area contributed by atoms with Gasteiger partial charge in [-0.1, -0.05) is 65.9 Å². The average molecular weight is 428 g/mol. The summed E-state index contributed by atoms with van der Waals surface area (Å²) in [7, 11) is 0. The summed E-state index contributed by atoms with van der Waals surface area (Å²) in [5.74, 6) is -0.499. The molecule has 2 heterocycles. The van der Waals surface area contributed by atoms with Crippen LogP contribution in [0.15, 0.2) is 85.1 Å². The fraction of sp³-hybridized carbons (Fsp3) is 0.0800. The van der Waals surface area contributed by atoms with E-state index in [-0.39, 0.29) is 30.2 Å². The maximum Gasteiger partial charge on any atom is 0.233 e. The molecule has 3 aromatic carbocycles. The summed E-state index contributed by atoms with van der Waals surface area (Å²) >= 11 is 1.31. The smallest absolute Gasteiger partial charge is 0.233 e. The van der Waals surface area contributed by atoms with Crippen molar-refractivity contribution in [2.24, 2.45) is 0 Å². The van der Waals surface area contributed by atoms with Crippen molar-refractivity contribution in [3.63, 3.8) is 0 Å². The summed E-state index contributed by atoms with van der Waals surface area (Å²) in [4.78, 5) is 23.9. The van der Waals surface area contributed by atoms with Crippen molar-refractivity contribution in [3.05, 3.63) is 102 Å². The van der Waals surface area contributed by atoms with Gasteiger partial charge in [-0.05, 0) is 40.6 Å². The summed E-state index contributed by atoms with van der Waals surface area (Å²) in [6.07, 6.45) is 1.91. The van der Waals surface area contributed by atoms with Crippen molar-refractivity contribution in [1.29, 1.82) is 0 Å². The molecule has 31 heavy (non-hydrogen) atoms. The summed E-state index contributed by atoms with van der Waals surface area (Å²) in [5.41, 5.74) is 1.97. The summed E-state index contributed by atoms with van der Waals surface area (Å²) < 4.78 is 14.9. The Hall–Kier alpha value is -3.64. The molecule has 0 aliphatic rings. The van der Waals surface area contributed by atoms with Gasteiger partial charge in [0, 0.05) is 6.20 Å². The third-order valence-corrected chi connectivity index (χ3v) is 6.20. The molecule has 0 aliphatic heterocycles. The number of carbonyl (C=O) groups is 1. The number of amides is 1. The van der Waals surface area contributed by atoms with E-state index in [1.54, 1.807) is 17.2 Å². The lowest BCUT2D eigenvalue weighted by Gasteiger charge is -2.20. The van der Waals surface area contributed by atoms with Gasteiger partial charge in [-0.25, -0.2) is 9.37 Å². The molecule has 152 valence electrons. The average Bonchev–Trinajstić information content (AvgIpc) is 3.24. The van der Waals surface area contributed by atoms with Crippen LogP contribution in [0.2, 0.25) is 0 Å². The van der Waals surface area contributed by atoms with Crippen molar-refractivity contribution in [2.75, 3.05) is 4.90 Å². The third kappa shape index (κ3) is 3.90. The van der Waals surface area contributed by atoms with Gasteiger partial charge in [-0.15, -0.1) is 0 Å². The first-order valence-corrected chi connectivity index (χ1v) is 10.7. The molecule has 0 bridgehead atoms. The van der Waals surface area contributed by atoms with Crippen LogP contribution in [0, 0.1) is 5.82 Å². The Morgan fingerprint density at radius 2 is 1.74 bits per heavy atom. The number of hydrogen-bond acceptors (Lipinski definition) is 4. The molecule has 6 heteroatoms. The topological polar surface area (TPSA) is 46.1 Å². The number of aromatic nitrogens is 2. The SMILES string of the molecule is O=C(Cc1cccc2ccccc12)N(Cc1ccccn1)c1nc2c(F)cccc2s1. The number of fused-ring (bicyclic) bond motifs is 2. The molecule has 0 radical (unpaired) electrons. The predicted molar refractivity (Wildman–Crippen MR) is 123 cm³/mol. The molecule has 0 saturated heterocycles. The van der Waals surface area contributed by atoms with Crippen LogP contribution in [0.25, 0.3) is 21.0 Å². The number of rotatable bonds is 5. The minimum absolute atomic E-state index is 0.110. The molecule has 4 nitrogen and oxygen atoms in total. The van der Waals surface area contributed by atoms with Crippen LogP contribution < -0.4 is 4.90 Å². The Balaban J connectivity index is 1.54. The number of thiazole rings is 1. The Morgan fingerprint density at radius 1 is 0.935 bits per heavy atom. The zero-order chi connectivity index (χ0) is 21.2. The molecule has 1 amide bonds. The zero-order valence-electron chi connectivity index (χ0n) is 16.5. The first-order chi connectivity index (χ1) is 15.2. The summed E-state index contributed by atoms with van der Waals surface area (Å²) in [5, 5.41) is 2.61. The number of halogens is 1. The Morgan fingerprint density at radius 3 is 2.58 bits per heavy atom. The van der Waals surface area contributed by atoms with Gasteiger partial charge in [0.05, 0.1) is 23.4 Å². The molecule has 5 aromatic rings. The van der Waals surface area contributed by atoms with Crippen molar-refractivity contribution in [1.82, 2.24) is 9.97 Å². The Labute approximate surface area is 182 Å². The van der Waals surface area contributed by atoms with Crippen LogP contribution in [-0.2, 0) is 17.8 Å². The lowest BCUT2D eigenvalue weighted by molar-refractivity contribution is -0.118. The molecule has 0 spiro atoms. The molecule has 5 rings (SSSR count). The predicted octanol–water partition coefficient (Wildman–Crippen LogP) is 5.76. The van der Waals surface area contributed by atoms with E-state index in [9.17, 15) is 9.18 Å². The van der Waals surface area contributed by atoms with Crippen LogP contribution in [0.5, 0.6) is 0 Å². The van der Waals surface area contributed by atoms with Crippen LogP contribution >= 0.6 is 11.3 Å². The summed E-state index contributed by atoms with van der Waals surface area (Å²) in [6, 6.07) is 24.4. The minimum Gasteiger partial charge on any atom is -0.282 e. The highest BCUT2D eigenvalue weighted by Crippen LogP contribution is 2.32. The number of nitrogens with zero attached hydrogens (tertiary/aromatic N) is 3. The first kappa shape index (κ1) is 19.3. The van der Waals surface area contributed by atoms with Crippen molar-refractivity contribution in [2.45, 2.75) is 13.0 Å². The lowest BCUT2D eigenvalue weighted by atomic mass is 10.0. The molecule has 0 unspecified atom stereocenters. The first-order valence-electron chi connectivity index (χ1n) is 9.91. The van der Waals surface area contributed by atoms with E-state index in [0.29, 0.717) is 9.83 Å². The number of benzene rings is 3. The maximum absolute atomic E-state index is 14.2. The fourth-order valence-electron chi connectivity index (χ4n) is 3.64. The van der Waals surface area contributed by atoms with Gasteiger partial charge in [-0.2, -0.15) is 0 Å². The Kier molecular flexibility index (Phi) is 5.14. The Bertz CT molecular complexity index is 1380. The van der Waals surface area contributed by atoms with Gasteiger partial charge in [0.1, 0.15) is 11.3 Å². The van der Waals surface area contributed by atoms with Crippen LogP contribution in [0.4, 0.5) is 9.52 Å². The normalized spacial score (nSPS) is 11.1. The zero-order valence-corrected chi connectivity index (χ0v) is 17.3. The number of carbonyl (C=O) groups excluding carboxylic acids is 1. The number of pyridine rings is 1. The second kappa shape index (κ2) is 8.24. The van der Waals surface area contributed by atoms with Gasteiger partial charge in [0.2, 0.25) is 5.91 Å². The molecule has 0 saturated carbocycles. The maximum atomic E-state index is 14.2. The fourth-order valence-corrected chi connectivity index (χ4v) is 4.64. The second-order valence-electron chi connectivity index (χ2n) is 7.20. The quantitative estimate of drug-likeness (QED) is 0.358. The van der Waals surface area contributed by atoms with Gasteiger partial charge in [0.25, 0.3) is 0 Å². The largest absolute Gasteiger partial charge is 0.282 e. The van der Waals surface area contributed by atoms with Gasteiger partial charge < -0.3 is 0 Å². The van der Waals surface area contributed by atoms with Crippen molar-refractivity contribution < 1.29 is 9.18 Å². The highest BCUT2D eigenvalue weighted by molar-refractivity contribution is 7.22. The molecular weight excluding hydrogens is 409 g/mol. The number of hydrogen-bond donors (Lipinski definition) is 0. The van der Waals surface area contributed by atoms with E-state index >= 15 is 0 Å². The van der Waals surface area contributed by atoms with Crippen LogP contribution in [0.3, 0.4) is 0 Å². The number of para-hydroxylation sites is 1. The summed E-state index contributed by atoms with van der Waals surface area (Å²) in [6.45, 7) is 0.270. The van der Waals surface area contributed by atoms with Crippen LogP contribution in [-0.4, -0.2) is 15.9 Å². The second-order valence-corrected chi connectivity index (χ2v) is 8.21. The van der Waals surface area contributed by atoms with E-state index in [2.05, 4.69) is 9.97 Å². The highest BCUT2D eigenvalue weighted by Gasteiger charge is 2.22. The van der Waals surface area contributed by atoms with E-state index in [4.69, 9.17) is 0 Å². The van der Waals surface area contributed by atoms with Crippen molar-refractivity contribution in [3.8, 4) is 0 Å². The van der Waals surface area contributed by atoms with Gasteiger partial charge in [-0.3, -0.25) is 14.7 Å². The molecule has 0 aliphatic carbocycles. The highest BCUT2D eigenvalue weighted by atomic mass is 32.1. The minimum atomic E-state index is -0.390. The van der Waals surface area contributed by atoms with E-state index in [0.717, 1.165) is 22.0 Å². The van der Waals surface area contributed by atoms with E-state index in [1.165, 1.54) is 17.4 Å². The standard InChI is InChI=1S/C25H18FN3OS/c26-21-12-6-13-22-24(21)28-25(31-22)29(16-19-10-3-4-14-27-19)23(30)15-18-9-5-8-17-7-1-2-11-20(17)18/h1-14H,15-16H2. The third-order valence-electron chi connectivity index (χ3n) is 5.16. The van der Waals surface area contributed by atoms with E-state index in [1.807, 2.05) is 66.7 Å². The van der Waals surface area contributed by atoms with Crippen molar-refractivity contribution >= 4 is 43.4 Å².